The molecule has 1 rings (SSSR count). The van der Waals surface area contributed by atoms with Crippen LogP contribution in [0.4, 0.5) is 8.78 Å². The summed E-state index contributed by atoms with van der Waals surface area (Å²) in [6.45, 7) is 0.160. The van der Waals surface area contributed by atoms with Gasteiger partial charge in [0.05, 0.1) is 6.20 Å². The third-order valence-corrected chi connectivity index (χ3v) is 1.53. The van der Waals surface area contributed by atoms with Gasteiger partial charge in [0.2, 0.25) is 6.86 Å². The van der Waals surface area contributed by atoms with E-state index in [2.05, 4.69) is 9.72 Å². The summed E-state index contributed by atoms with van der Waals surface area (Å²) >= 11 is 0. The van der Waals surface area contributed by atoms with Crippen LogP contribution in [0, 0.1) is 6.92 Å². The molecule has 0 amide bonds. The summed E-state index contributed by atoms with van der Waals surface area (Å²) in [5.41, 5.74) is 1.03. The zero-order valence-corrected chi connectivity index (χ0v) is 6.68. The molecular weight excluding hydrogens is 164 g/mol. The third-order valence-electron chi connectivity index (χ3n) is 1.53. The fraction of sp³-hybridized carbons (Fsp3) is 0.375. The molecule has 0 aliphatic carbocycles. The molecule has 0 saturated carbocycles. The topological polar surface area (TPSA) is 22.1 Å². The number of halogens is 2. The highest BCUT2D eigenvalue weighted by molar-refractivity contribution is 5.28. The molecule has 0 aliphatic heterocycles. The number of rotatable bonds is 3. The van der Waals surface area contributed by atoms with Crippen LogP contribution in [0.1, 0.15) is 11.3 Å². The van der Waals surface area contributed by atoms with Crippen molar-refractivity contribution in [2.75, 3.05) is 6.86 Å². The van der Waals surface area contributed by atoms with Gasteiger partial charge in [-0.1, -0.05) is 0 Å². The lowest BCUT2D eigenvalue weighted by molar-refractivity contribution is 0.190. The van der Waals surface area contributed by atoms with Crippen molar-refractivity contribution in [3.63, 3.8) is 0 Å². The molecule has 0 radical (unpaired) electrons. The average molecular weight is 173 g/mol. The van der Waals surface area contributed by atoms with Crippen LogP contribution in [0.3, 0.4) is 0 Å². The van der Waals surface area contributed by atoms with E-state index >= 15 is 0 Å². The van der Waals surface area contributed by atoms with Gasteiger partial charge in [-0.15, -0.1) is 0 Å². The molecule has 12 heavy (non-hydrogen) atoms. The van der Waals surface area contributed by atoms with Gasteiger partial charge >= 0.3 is 0 Å². The Hall–Kier alpha value is -1.19. The minimum Gasteiger partial charge on any atom is -0.461 e. The normalized spacial score (nSPS) is 9.92. The van der Waals surface area contributed by atoms with E-state index in [9.17, 15) is 8.78 Å². The van der Waals surface area contributed by atoms with Gasteiger partial charge in [0, 0.05) is 11.3 Å². The first-order chi connectivity index (χ1) is 5.77. The van der Waals surface area contributed by atoms with Crippen molar-refractivity contribution < 1.29 is 13.5 Å². The van der Waals surface area contributed by atoms with Gasteiger partial charge in [0.25, 0.3) is 0 Å². The van der Waals surface area contributed by atoms with Crippen LogP contribution in [-0.4, -0.2) is 11.8 Å². The summed E-state index contributed by atoms with van der Waals surface area (Å²) in [7, 11) is 0. The van der Waals surface area contributed by atoms with E-state index in [4.69, 9.17) is 0 Å². The third kappa shape index (κ3) is 1.90. The predicted octanol–water partition coefficient (Wildman–Crippen LogP) is 2.17. The largest absolute Gasteiger partial charge is 0.461 e. The highest BCUT2D eigenvalue weighted by atomic mass is 19.1. The first-order valence-electron chi connectivity index (χ1n) is 3.48. The molecule has 0 spiro atoms. The quantitative estimate of drug-likeness (QED) is 0.698. The molecule has 0 unspecified atom stereocenters. The first-order valence-corrected chi connectivity index (χ1v) is 3.48. The summed E-state index contributed by atoms with van der Waals surface area (Å²) in [4.78, 5) is 3.84. The number of hydrogen-bond acceptors (Lipinski definition) is 2. The lowest BCUT2D eigenvalue weighted by atomic mass is 10.2. The number of nitrogens with zero attached hydrogens (tertiary/aromatic N) is 1. The van der Waals surface area contributed by atoms with Crippen LogP contribution in [0.5, 0.6) is 5.75 Å². The van der Waals surface area contributed by atoms with Gasteiger partial charge in [-0.25, -0.2) is 8.78 Å². The molecule has 1 heterocycles. The summed E-state index contributed by atoms with van der Waals surface area (Å²) in [6.07, 6.45) is 1.37. The molecule has 0 atom stereocenters. The van der Waals surface area contributed by atoms with E-state index in [1.165, 1.54) is 12.3 Å². The minimum atomic E-state index is -0.920. The Balaban J connectivity index is 2.89. The molecule has 2 nitrogen and oxygen atoms in total. The highest BCUT2D eigenvalue weighted by Gasteiger charge is 2.01. The Bertz CT molecular complexity index is 265. The number of aromatic nitrogens is 1. The average Bonchev–Trinajstić information content (AvgIpc) is 2.09. The van der Waals surface area contributed by atoms with Crippen LogP contribution >= 0.6 is 0 Å². The number of alkyl halides is 2. The number of hydrogen-bond donors (Lipinski definition) is 0. The Kier molecular flexibility index (Phi) is 2.96. The number of ether oxygens (including phenoxy) is 1. The van der Waals surface area contributed by atoms with E-state index < -0.39 is 13.5 Å². The zero-order valence-electron chi connectivity index (χ0n) is 6.68. The van der Waals surface area contributed by atoms with E-state index in [1.807, 2.05) is 0 Å². The maximum absolute atomic E-state index is 12.2. The summed E-state index contributed by atoms with van der Waals surface area (Å²) < 4.78 is 28.4. The van der Waals surface area contributed by atoms with Crippen LogP contribution in [0.25, 0.3) is 0 Å². The van der Waals surface area contributed by atoms with Crippen LogP contribution in [0.15, 0.2) is 12.3 Å². The fourth-order valence-corrected chi connectivity index (χ4v) is 0.834. The van der Waals surface area contributed by atoms with Gasteiger partial charge in [-0.3, -0.25) is 4.98 Å². The van der Waals surface area contributed by atoms with Crippen molar-refractivity contribution >= 4 is 0 Å². The van der Waals surface area contributed by atoms with Gasteiger partial charge < -0.3 is 4.74 Å². The van der Waals surface area contributed by atoms with Crippen LogP contribution in [-0.2, 0) is 6.67 Å². The predicted molar refractivity (Wildman–Crippen MR) is 40.4 cm³/mol. The van der Waals surface area contributed by atoms with Crippen molar-refractivity contribution in [1.29, 1.82) is 0 Å². The van der Waals surface area contributed by atoms with E-state index in [1.54, 1.807) is 6.92 Å². The minimum absolute atomic E-state index is 0.260. The molecule has 0 saturated heterocycles. The lowest BCUT2D eigenvalue weighted by Gasteiger charge is -2.03. The maximum Gasteiger partial charge on any atom is 0.228 e. The second-order valence-electron chi connectivity index (χ2n) is 2.30. The van der Waals surface area contributed by atoms with E-state index in [0.717, 1.165) is 0 Å². The van der Waals surface area contributed by atoms with E-state index in [-0.39, 0.29) is 5.75 Å². The molecule has 0 aromatic carbocycles. The fourth-order valence-electron chi connectivity index (χ4n) is 0.834. The first kappa shape index (κ1) is 8.90. The smallest absolute Gasteiger partial charge is 0.228 e. The molecule has 0 aliphatic rings. The van der Waals surface area contributed by atoms with Crippen molar-refractivity contribution in [1.82, 2.24) is 4.98 Å². The van der Waals surface area contributed by atoms with Crippen molar-refractivity contribution in [2.45, 2.75) is 13.6 Å². The summed E-state index contributed by atoms with van der Waals surface area (Å²) in [5.74, 6) is 0.260. The molecule has 1 aromatic heterocycles. The second kappa shape index (κ2) is 3.99. The monoisotopic (exact) mass is 173 g/mol. The van der Waals surface area contributed by atoms with E-state index in [0.29, 0.717) is 11.3 Å². The second-order valence-corrected chi connectivity index (χ2v) is 2.30. The van der Waals surface area contributed by atoms with Crippen LogP contribution in [0.2, 0.25) is 0 Å². The Morgan fingerprint density at radius 3 is 2.83 bits per heavy atom. The lowest BCUT2D eigenvalue weighted by Crippen LogP contribution is -1.95. The van der Waals surface area contributed by atoms with Crippen LogP contribution < -0.4 is 4.74 Å². The zero-order chi connectivity index (χ0) is 8.97. The molecule has 0 bridgehead atoms. The maximum atomic E-state index is 12.2. The summed E-state index contributed by atoms with van der Waals surface area (Å²) in [5, 5.41) is 0. The van der Waals surface area contributed by atoms with Gasteiger partial charge in [-0.05, 0) is 13.0 Å². The molecule has 0 N–H and O–H groups in total. The molecular formula is C8H9F2NO. The van der Waals surface area contributed by atoms with Gasteiger partial charge in [-0.2, -0.15) is 0 Å². The van der Waals surface area contributed by atoms with Gasteiger partial charge in [0.1, 0.15) is 12.4 Å². The number of pyridine rings is 1. The number of aryl methyl sites for hydroxylation is 1. The highest BCUT2D eigenvalue weighted by Crippen LogP contribution is 2.15. The summed E-state index contributed by atoms with van der Waals surface area (Å²) in [6, 6.07) is 1.45. The molecule has 4 heteroatoms. The Morgan fingerprint density at radius 2 is 2.25 bits per heavy atom. The van der Waals surface area contributed by atoms with Crippen molar-refractivity contribution in [3.8, 4) is 5.75 Å². The standard InChI is InChI=1S/C8H9F2NO/c1-6-7(3-9)2-8(4-11-6)12-5-10/h2,4H,3,5H2,1H3. The Labute approximate surface area is 69.2 Å². The SMILES string of the molecule is Cc1ncc(OCF)cc1CF. The molecule has 0 fully saturated rings. The Morgan fingerprint density at radius 1 is 1.50 bits per heavy atom. The molecule has 66 valence electrons. The van der Waals surface area contributed by atoms with Crippen molar-refractivity contribution in [2.24, 2.45) is 0 Å². The molecule has 1 aromatic rings. The van der Waals surface area contributed by atoms with Crippen molar-refractivity contribution in [3.05, 3.63) is 23.5 Å². The van der Waals surface area contributed by atoms with Gasteiger partial charge in [0.15, 0.2) is 0 Å².